The predicted molar refractivity (Wildman–Crippen MR) is 83.3 cm³/mol. The van der Waals surface area contributed by atoms with Crippen LogP contribution in [0.4, 0.5) is 5.69 Å². The van der Waals surface area contributed by atoms with Crippen molar-refractivity contribution in [1.82, 2.24) is 14.9 Å². The largest absolute Gasteiger partial charge is 0.454 e. The highest BCUT2D eigenvalue weighted by molar-refractivity contribution is 6.28. The molecule has 2 aromatic rings. The number of halogens is 1. The third-order valence-corrected chi connectivity index (χ3v) is 3.71. The Bertz CT molecular complexity index is 597. The number of rotatable bonds is 3. The van der Waals surface area contributed by atoms with Crippen molar-refractivity contribution in [3.05, 3.63) is 41.9 Å². The summed E-state index contributed by atoms with van der Waals surface area (Å²) in [5, 5.41) is 0.216. The Morgan fingerprint density at radius 3 is 2.48 bits per heavy atom. The van der Waals surface area contributed by atoms with Crippen molar-refractivity contribution < 1.29 is 4.74 Å². The van der Waals surface area contributed by atoms with Crippen molar-refractivity contribution >= 4 is 17.3 Å². The quantitative estimate of drug-likeness (QED) is 0.816. The second-order valence-electron chi connectivity index (χ2n) is 5.08. The van der Waals surface area contributed by atoms with Gasteiger partial charge in [-0.15, -0.1) is 0 Å². The zero-order valence-electron chi connectivity index (χ0n) is 11.9. The van der Waals surface area contributed by atoms with Gasteiger partial charge in [0.15, 0.2) is 5.75 Å². The van der Waals surface area contributed by atoms with Crippen LogP contribution in [0.25, 0.3) is 0 Å². The molecule has 1 aliphatic rings. The summed E-state index contributed by atoms with van der Waals surface area (Å²) in [6, 6.07) is 8.07. The number of hydrogen-bond acceptors (Lipinski definition) is 5. The number of benzene rings is 1. The van der Waals surface area contributed by atoms with Gasteiger partial charge in [-0.2, -0.15) is 0 Å². The molecule has 0 bridgehead atoms. The summed E-state index contributed by atoms with van der Waals surface area (Å²) in [4.78, 5) is 12.5. The number of aromatic nitrogens is 2. The Morgan fingerprint density at radius 2 is 1.76 bits per heavy atom. The van der Waals surface area contributed by atoms with Crippen LogP contribution < -0.4 is 9.64 Å². The van der Waals surface area contributed by atoms with Gasteiger partial charge in [0.05, 0.1) is 12.4 Å². The standard InChI is InChI=1S/C15H17ClN4O/c1-19-5-7-20(8-6-19)12-3-2-4-13(9-12)21-14-10-17-15(16)18-11-14/h2-4,9-11H,5-8H2,1H3. The average molecular weight is 305 g/mol. The van der Waals surface area contributed by atoms with E-state index in [-0.39, 0.29) is 5.28 Å². The van der Waals surface area contributed by atoms with E-state index in [4.69, 9.17) is 16.3 Å². The van der Waals surface area contributed by atoms with Gasteiger partial charge in [0.1, 0.15) is 5.75 Å². The molecule has 0 radical (unpaired) electrons. The maximum Gasteiger partial charge on any atom is 0.222 e. The maximum absolute atomic E-state index is 5.77. The number of hydrogen-bond donors (Lipinski definition) is 0. The number of likely N-dealkylation sites (N-methyl/N-ethyl adjacent to an activating group) is 1. The van der Waals surface area contributed by atoms with E-state index in [1.54, 1.807) is 12.4 Å². The van der Waals surface area contributed by atoms with Crippen molar-refractivity contribution in [2.75, 3.05) is 38.1 Å². The van der Waals surface area contributed by atoms with Crippen molar-refractivity contribution in [2.45, 2.75) is 0 Å². The minimum atomic E-state index is 0.216. The van der Waals surface area contributed by atoms with E-state index < -0.39 is 0 Å². The Hall–Kier alpha value is -1.85. The number of ether oxygens (including phenoxy) is 1. The van der Waals surface area contributed by atoms with E-state index in [1.807, 2.05) is 18.2 Å². The van der Waals surface area contributed by atoms with Crippen LogP contribution in [0.2, 0.25) is 5.28 Å². The molecule has 1 aromatic heterocycles. The van der Waals surface area contributed by atoms with Crippen molar-refractivity contribution in [1.29, 1.82) is 0 Å². The highest BCUT2D eigenvalue weighted by Gasteiger charge is 2.14. The molecule has 1 saturated heterocycles. The van der Waals surface area contributed by atoms with Gasteiger partial charge < -0.3 is 14.5 Å². The minimum absolute atomic E-state index is 0.216. The molecule has 0 saturated carbocycles. The van der Waals surface area contributed by atoms with E-state index in [0.29, 0.717) is 5.75 Å². The Kier molecular flexibility index (Phi) is 4.22. The summed E-state index contributed by atoms with van der Waals surface area (Å²) in [6.07, 6.45) is 3.13. The summed E-state index contributed by atoms with van der Waals surface area (Å²) >= 11 is 5.66. The first-order valence-corrected chi connectivity index (χ1v) is 7.27. The lowest BCUT2D eigenvalue weighted by Gasteiger charge is -2.34. The smallest absolute Gasteiger partial charge is 0.222 e. The monoisotopic (exact) mass is 304 g/mol. The molecule has 0 N–H and O–H groups in total. The van der Waals surface area contributed by atoms with Crippen LogP contribution in [0.15, 0.2) is 36.7 Å². The summed E-state index contributed by atoms with van der Waals surface area (Å²) < 4.78 is 5.77. The third-order valence-electron chi connectivity index (χ3n) is 3.52. The number of anilines is 1. The fraction of sp³-hybridized carbons (Fsp3) is 0.333. The number of piperazine rings is 1. The topological polar surface area (TPSA) is 41.5 Å². The molecule has 0 unspecified atom stereocenters. The van der Waals surface area contributed by atoms with E-state index in [0.717, 1.165) is 31.9 Å². The molecular weight excluding hydrogens is 288 g/mol. The first-order chi connectivity index (χ1) is 10.2. The zero-order chi connectivity index (χ0) is 14.7. The van der Waals surface area contributed by atoms with E-state index in [2.05, 4.69) is 32.9 Å². The van der Waals surface area contributed by atoms with Crippen LogP contribution in [-0.2, 0) is 0 Å². The van der Waals surface area contributed by atoms with Gasteiger partial charge in [0, 0.05) is 37.9 Å². The summed E-state index contributed by atoms with van der Waals surface area (Å²) in [5.41, 5.74) is 1.18. The van der Waals surface area contributed by atoms with Crippen LogP contribution in [0.3, 0.4) is 0 Å². The molecule has 0 atom stereocenters. The third kappa shape index (κ3) is 3.62. The molecule has 0 aliphatic carbocycles. The van der Waals surface area contributed by atoms with E-state index in [9.17, 15) is 0 Å². The molecule has 21 heavy (non-hydrogen) atoms. The molecule has 1 fully saturated rings. The molecule has 1 aromatic carbocycles. The minimum Gasteiger partial charge on any atom is -0.454 e. The fourth-order valence-corrected chi connectivity index (χ4v) is 2.40. The van der Waals surface area contributed by atoms with E-state index in [1.165, 1.54) is 5.69 Å². The van der Waals surface area contributed by atoms with Crippen LogP contribution in [0, 0.1) is 0 Å². The van der Waals surface area contributed by atoms with Gasteiger partial charge >= 0.3 is 0 Å². The van der Waals surface area contributed by atoms with Gasteiger partial charge in [-0.05, 0) is 30.8 Å². The van der Waals surface area contributed by atoms with Crippen LogP contribution in [0.1, 0.15) is 0 Å². The van der Waals surface area contributed by atoms with Gasteiger partial charge in [-0.1, -0.05) is 6.07 Å². The zero-order valence-corrected chi connectivity index (χ0v) is 12.6. The first-order valence-electron chi connectivity index (χ1n) is 6.90. The highest BCUT2D eigenvalue weighted by atomic mass is 35.5. The molecule has 6 heteroatoms. The lowest BCUT2D eigenvalue weighted by atomic mass is 10.2. The highest BCUT2D eigenvalue weighted by Crippen LogP contribution is 2.26. The molecule has 110 valence electrons. The van der Waals surface area contributed by atoms with Crippen molar-refractivity contribution in [2.24, 2.45) is 0 Å². The average Bonchev–Trinajstić information content (AvgIpc) is 2.51. The summed E-state index contributed by atoms with van der Waals surface area (Å²) in [6.45, 7) is 4.22. The normalized spacial score (nSPS) is 16.0. The molecule has 0 amide bonds. The van der Waals surface area contributed by atoms with Gasteiger partial charge in [0.25, 0.3) is 0 Å². The lowest BCUT2D eigenvalue weighted by molar-refractivity contribution is 0.313. The second-order valence-corrected chi connectivity index (χ2v) is 5.42. The molecule has 2 heterocycles. The van der Waals surface area contributed by atoms with Gasteiger partial charge in [-0.25, -0.2) is 9.97 Å². The molecule has 3 rings (SSSR count). The summed E-state index contributed by atoms with van der Waals surface area (Å²) in [7, 11) is 2.15. The number of nitrogens with zero attached hydrogens (tertiary/aromatic N) is 4. The molecular formula is C15H17ClN4O. The Balaban J connectivity index is 1.72. The first kappa shape index (κ1) is 14.1. The van der Waals surface area contributed by atoms with Crippen molar-refractivity contribution in [3.8, 4) is 11.5 Å². The Morgan fingerprint density at radius 1 is 1.05 bits per heavy atom. The van der Waals surface area contributed by atoms with Crippen LogP contribution in [0.5, 0.6) is 11.5 Å². The van der Waals surface area contributed by atoms with Crippen molar-refractivity contribution in [3.63, 3.8) is 0 Å². The fourth-order valence-electron chi connectivity index (χ4n) is 2.30. The Labute approximate surface area is 129 Å². The van der Waals surface area contributed by atoms with Crippen LogP contribution in [-0.4, -0.2) is 48.1 Å². The van der Waals surface area contributed by atoms with E-state index >= 15 is 0 Å². The predicted octanol–water partition coefficient (Wildman–Crippen LogP) is 2.67. The SMILES string of the molecule is CN1CCN(c2cccc(Oc3cnc(Cl)nc3)c2)CC1. The van der Waals surface area contributed by atoms with Crippen LogP contribution >= 0.6 is 11.6 Å². The molecule has 0 spiro atoms. The maximum atomic E-state index is 5.77. The van der Waals surface area contributed by atoms with Gasteiger partial charge in [-0.3, -0.25) is 0 Å². The second kappa shape index (κ2) is 6.28. The molecule has 5 nitrogen and oxygen atoms in total. The molecule has 1 aliphatic heterocycles. The summed E-state index contributed by atoms with van der Waals surface area (Å²) in [5.74, 6) is 1.35. The van der Waals surface area contributed by atoms with Gasteiger partial charge in [0.2, 0.25) is 5.28 Å². The lowest BCUT2D eigenvalue weighted by Crippen LogP contribution is -2.44.